The zero-order chi connectivity index (χ0) is 19.6. The second-order valence-electron chi connectivity index (χ2n) is 7.35. The van der Waals surface area contributed by atoms with E-state index in [2.05, 4.69) is 20.4 Å². The van der Waals surface area contributed by atoms with Crippen LogP contribution in [0.2, 0.25) is 0 Å². The molecule has 26 heavy (non-hydrogen) atoms. The number of hydrogen-bond donors (Lipinski definition) is 0. The lowest BCUT2D eigenvalue weighted by atomic mass is 10.0. The Hall–Kier alpha value is -1.97. The molecule has 4 nitrogen and oxygen atoms in total. The molecule has 0 saturated heterocycles. The van der Waals surface area contributed by atoms with Gasteiger partial charge in [-0.15, -0.1) is 6.58 Å². The van der Waals surface area contributed by atoms with Crippen molar-refractivity contribution >= 4 is 5.97 Å². The van der Waals surface area contributed by atoms with Gasteiger partial charge in [-0.2, -0.15) is 0 Å². The Balaban J connectivity index is 3.23. The van der Waals surface area contributed by atoms with E-state index in [1.165, 1.54) is 0 Å². The molecule has 1 rings (SSSR count). The maximum atomic E-state index is 12.5. The van der Waals surface area contributed by atoms with Gasteiger partial charge < -0.3 is 14.2 Å². The Labute approximate surface area is 158 Å². The van der Waals surface area contributed by atoms with Gasteiger partial charge in [0, 0.05) is 5.56 Å². The molecule has 0 fully saturated rings. The SMILES string of the molecule is C=CCc1c(OCCCC)cc(C(=O)OC(C)(C)C)cc1OCCCC. The van der Waals surface area contributed by atoms with Crippen LogP contribution < -0.4 is 9.47 Å². The highest BCUT2D eigenvalue weighted by atomic mass is 16.6. The van der Waals surface area contributed by atoms with E-state index in [1.807, 2.05) is 26.8 Å². The van der Waals surface area contributed by atoms with Crippen molar-refractivity contribution in [3.63, 3.8) is 0 Å². The summed E-state index contributed by atoms with van der Waals surface area (Å²) >= 11 is 0. The van der Waals surface area contributed by atoms with Crippen LogP contribution in [-0.4, -0.2) is 24.8 Å². The molecule has 0 unspecified atom stereocenters. The molecule has 146 valence electrons. The lowest BCUT2D eigenvalue weighted by Crippen LogP contribution is -2.24. The smallest absolute Gasteiger partial charge is 0.338 e. The van der Waals surface area contributed by atoms with Crippen LogP contribution in [-0.2, 0) is 11.2 Å². The topological polar surface area (TPSA) is 44.8 Å². The standard InChI is InChI=1S/C22H34O4/c1-7-10-13-24-19-15-17(21(23)26-22(4,5)6)16-20(18(19)12-9-3)25-14-11-8-2/h9,15-16H,3,7-8,10-14H2,1-2,4-6H3. The molecular weight excluding hydrogens is 328 g/mol. The summed E-state index contributed by atoms with van der Waals surface area (Å²) in [6.45, 7) is 14.8. The molecule has 0 spiro atoms. The van der Waals surface area contributed by atoms with Crippen LogP contribution >= 0.6 is 0 Å². The van der Waals surface area contributed by atoms with E-state index >= 15 is 0 Å². The zero-order valence-corrected chi connectivity index (χ0v) is 17.0. The zero-order valence-electron chi connectivity index (χ0n) is 17.0. The van der Waals surface area contributed by atoms with Crippen LogP contribution in [0.4, 0.5) is 0 Å². The first kappa shape index (κ1) is 22.1. The van der Waals surface area contributed by atoms with Crippen molar-refractivity contribution < 1.29 is 19.0 Å². The number of carbonyl (C=O) groups excluding carboxylic acids is 1. The largest absolute Gasteiger partial charge is 0.493 e. The fourth-order valence-corrected chi connectivity index (χ4v) is 2.33. The van der Waals surface area contributed by atoms with Gasteiger partial charge in [0.1, 0.15) is 17.1 Å². The lowest BCUT2D eigenvalue weighted by molar-refractivity contribution is 0.00685. The summed E-state index contributed by atoms with van der Waals surface area (Å²) in [6, 6.07) is 3.52. The highest BCUT2D eigenvalue weighted by Gasteiger charge is 2.21. The molecule has 0 aliphatic rings. The summed E-state index contributed by atoms with van der Waals surface area (Å²) in [5.41, 5.74) is 0.828. The number of esters is 1. The molecule has 0 amide bonds. The summed E-state index contributed by atoms with van der Waals surface area (Å²) in [7, 11) is 0. The Morgan fingerprint density at radius 2 is 1.54 bits per heavy atom. The van der Waals surface area contributed by atoms with Crippen LogP contribution in [0, 0.1) is 0 Å². The van der Waals surface area contributed by atoms with Gasteiger partial charge >= 0.3 is 5.97 Å². The van der Waals surface area contributed by atoms with Crippen molar-refractivity contribution in [3.05, 3.63) is 35.9 Å². The van der Waals surface area contributed by atoms with Crippen LogP contribution in [0.3, 0.4) is 0 Å². The summed E-state index contributed by atoms with van der Waals surface area (Å²) < 4.78 is 17.4. The number of rotatable bonds is 11. The molecule has 1 aromatic rings. The predicted octanol–water partition coefficient (Wildman–Crippen LogP) is 5.73. The van der Waals surface area contributed by atoms with E-state index in [1.54, 1.807) is 12.1 Å². The molecule has 0 radical (unpaired) electrons. The van der Waals surface area contributed by atoms with Crippen molar-refractivity contribution in [2.24, 2.45) is 0 Å². The molecule has 0 aliphatic heterocycles. The first-order valence-corrected chi connectivity index (χ1v) is 9.59. The number of hydrogen-bond acceptors (Lipinski definition) is 4. The Morgan fingerprint density at radius 1 is 1.04 bits per heavy atom. The van der Waals surface area contributed by atoms with Crippen LogP contribution in [0.1, 0.15) is 76.2 Å². The summed E-state index contributed by atoms with van der Waals surface area (Å²) in [4.78, 5) is 12.5. The molecule has 4 heteroatoms. The van der Waals surface area contributed by atoms with E-state index in [0.717, 1.165) is 31.2 Å². The highest BCUT2D eigenvalue weighted by molar-refractivity contribution is 5.91. The average Bonchev–Trinajstić information content (AvgIpc) is 2.56. The van der Waals surface area contributed by atoms with Crippen LogP contribution in [0.15, 0.2) is 24.8 Å². The Kier molecular flexibility index (Phi) is 9.25. The monoisotopic (exact) mass is 362 g/mol. The molecule has 0 aliphatic carbocycles. The van der Waals surface area contributed by atoms with E-state index in [9.17, 15) is 4.79 Å². The predicted molar refractivity (Wildman–Crippen MR) is 106 cm³/mol. The maximum Gasteiger partial charge on any atom is 0.338 e. The number of unbranched alkanes of at least 4 members (excludes halogenated alkanes) is 2. The number of allylic oxidation sites excluding steroid dienone is 1. The van der Waals surface area contributed by atoms with Crippen molar-refractivity contribution in [1.29, 1.82) is 0 Å². The Bertz CT molecular complexity index is 553. The molecule has 1 aromatic carbocycles. The summed E-state index contributed by atoms with van der Waals surface area (Å²) in [5, 5.41) is 0. The van der Waals surface area contributed by atoms with Crippen LogP contribution in [0.25, 0.3) is 0 Å². The van der Waals surface area contributed by atoms with Gasteiger partial charge in [0.05, 0.1) is 18.8 Å². The molecule has 0 saturated carbocycles. The molecule has 0 aromatic heterocycles. The summed E-state index contributed by atoms with van der Waals surface area (Å²) in [6.07, 6.45) is 6.44. The highest BCUT2D eigenvalue weighted by Crippen LogP contribution is 2.33. The minimum absolute atomic E-state index is 0.372. The molecule has 0 heterocycles. The van der Waals surface area contributed by atoms with Gasteiger partial charge in [-0.25, -0.2) is 4.79 Å². The third kappa shape index (κ3) is 7.51. The van der Waals surface area contributed by atoms with Gasteiger partial charge in [-0.05, 0) is 52.2 Å². The maximum absolute atomic E-state index is 12.5. The molecule has 0 N–H and O–H groups in total. The third-order valence-corrected chi connectivity index (χ3v) is 3.66. The van der Waals surface area contributed by atoms with E-state index < -0.39 is 5.60 Å². The number of carbonyl (C=O) groups is 1. The molecular formula is C22H34O4. The minimum Gasteiger partial charge on any atom is -0.493 e. The first-order valence-electron chi connectivity index (χ1n) is 9.59. The number of benzene rings is 1. The fraction of sp³-hybridized carbons (Fsp3) is 0.591. The van der Waals surface area contributed by atoms with Gasteiger partial charge in [0.2, 0.25) is 0 Å². The van der Waals surface area contributed by atoms with Crippen molar-refractivity contribution in [2.75, 3.05) is 13.2 Å². The summed E-state index contributed by atoms with van der Waals surface area (Å²) in [5.74, 6) is 0.977. The van der Waals surface area contributed by atoms with Gasteiger partial charge in [-0.1, -0.05) is 32.8 Å². The number of ether oxygens (including phenoxy) is 3. The van der Waals surface area contributed by atoms with Gasteiger partial charge in [-0.3, -0.25) is 0 Å². The second-order valence-corrected chi connectivity index (χ2v) is 7.35. The van der Waals surface area contributed by atoms with Crippen molar-refractivity contribution in [1.82, 2.24) is 0 Å². The van der Waals surface area contributed by atoms with Crippen molar-refractivity contribution in [3.8, 4) is 11.5 Å². The minimum atomic E-state index is -0.552. The van der Waals surface area contributed by atoms with Gasteiger partial charge in [0.15, 0.2) is 0 Å². The van der Waals surface area contributed by atoms with E-state index in [-0.39, 0.29) is 5.97 Å². The van der Waals surface area contributed by atoms with Crippen molar-refractivity contribution in [2.45, 2.75) is 72.3 Å². The van der Waals surface area contributed by atoms with E-state index in [4.69, 9.17) is 14.2 Å². The average molecular weight is 363 g/mol. The van der Waals surface area contributed by atoms with E-state index in [0.29, 0.717) is 36.7 Å². The third-order valence-electron chi connectivity index (χ3n) is 3.66. The quantitative estimate of drug-likeness (QED) is 0.286. The normalized spacial score (nSPS) is 11.1. The molecule has 0 atom stereocenters. The van der Waals surface area contributed by atoms with Crippen LogP contribution in [0.5, 0.6) is 11.5 Å². The molecule has 0 bridgehead atoms. The lowest BCUT2D eigenvalue weighted by Gasteiger charge is -2.21. The van der Waals surface area contributed by atoms with Gasteiger partial charge in [0.25, 0.3) is 0 Å². The fourth-order valence-electron chi connectivity index (χ4n) is 2.33. The first-order chi connectivity index (χ1) is 12.3. The Morgan fingerprint density at radius 3 is 1.92 bits per heavy atom. The second kappa shape index (κ2) is 10.9.